The first-order valence-electron chi connectivity index (χ1n) is 4.78. The van der Waals surface area contributed by atoms with Gasteiger partial charge in [0.25, 0.3) is 0 Å². The highest BCUT2D eigenvalue weighted by molar-refractivity contribution is 5.78. The number of nitrogens with zero attached hydrogens (tertiary/aromatic N) is 4. The van der Waals surface area contributed by atoms with Gasteiger partial charge in [0.2, 0.25) is 5.91 Å². The summed E-state index contributed by atoms with van der Waals surface area (Å²) in [4.78, 5) is 26.1. The number of carbonyl (C=O) groups is 2. The first-order chi connectivity index (χ1) is 7.65. The van der Waals surface area contributed by atoms with E-state index in [0.29, 0.717) is 6.54 Å². The third kappa shape index (κ3) is 3.41. The lowest BCUT2D eigenvalue weighted by molar-refractivity contribution is -0.159. The predicted octanol–water partition coefficient (Wildman–Crippen LogP) is -0.00120. The number of carboxylic acid groups (broad SMARTS) is 1. The smallest absolute Gasteiger partial charge is 0.334 e. The molecule has 0 spiro atoms. The molecule has 1 atom stereocenters. The minimum atomic E-state index is -1.08. The van der Waals surface area contributed by atoms with Gasteiger partial charge in [-0.1, -0.05) is 5.11 Å². The van der Waals surface area contributed by atoms with Gasteiger partial charge in [-0.15, -0.1) is 0 Å². The minimum absolute atomic E-state index is 0.0461. The van der Waals surface area contributed by atoms with Gasteiger partial charge in [-0.3, -0.25) is 4.79 Å². The van der Waals surface area contributed by atoms with Crippen LogP contribution < -0.4 is 0 Å². The van der Waals surface area contributed by atoms with Crippen LogP contribution in [0.1, 0.15) is 6.42 Å². The average molecular weight is 228 g/mol. The first-order valence-corrected chi connectivity index (χ1v) is 4.78. The highest BCUT2D eigenvalue weighted by Gasteiger charge is 2.28. The maximum absolute atomic E-state index is 11.5. The largest absolute Gasteiger partial charge is 0.479 e. The van der Waals surface area contributed by atoms with E-state index in [-0.39, 0.29) is 32.0 Å². The summed E-state index contributed by atoms with van der Waals surface area (Å²) in [7, 11) is 0. The molecule has 1 aliphatic heterocycles. The lowest BCUT2D eigenvalue weighted by Crippen LogP contribution is -2.48. The molecule has 0 bridgehead atoms. The van der Waals surface area contributed by atoms with E-state index in [9.17, 15) is 9.59 Å². The molecule has 1 amide bonds. The molecule has 1 unspecified atom stereocenters. The van der Waals surface area contributed by atoms with Crippen molar-refractivity contribution in [1.82, 2.24) is 4.90 Å². The Kier molecular flexibility index (Phi) is 4.56. The molecule has 0 aliphatic carbocycles. The SMILES string of the molecule is [N-]=[N+]=NCCC(=O)N1CCOC(C(=O)O)C1. The summed E-state index contributed by atoms with van der Waals surface area (Å²) in [6, 6.07) is 0. The van der Waals surface area contributed by atoms with E-state index < -0.39 is 12.1 Å². The number of carbonyl (C=O) groups excluding carboxylic acids is 1. The van der Waals surface area contributed by atoms with Crippen LogP contribution in [-0.2, 0) is 14.3 Å². The van der Waals surface area contributed by atoms with Gasteiger partial charge in [-0.25, -0.2) is 4.79 Å². The predicted molar refractivity (Wildman–Crippen MR) is 52.6 cm³/mol. The lowest BCUT2D eigenvalue weighted by Gasteiger charge is -2.30. The van der Waals surface area contributed by atoms with Crippen molar-refractivity contribution in [2.45, 2.75) is 12.5 Å². The van der Waals surface area contributed by atoms with E-state index in [4.69, 9.17) is 15.4 Å². The summed E-state index contributed by atoms with van der Waals surface area (Å²) in [6.45, 7) is 0.720. The van der Waals surface area contributed by atoms with Gasteiger partial charge in [0.15, 0.2) is 6.10 Å². The van der Waals surface area contributed by atoms with Crippen molar-refractivity contribution < 1.29 is 19.4 Å². The second-order valence-corrected chi connectivity index (χ2v) is 3.24. The second kappa shape index (κ2) is 5.94. The van der Waals surface area contributed by atoms with E-state index in [1.54, 1.807) is 0 Å². The van der Waals surface area contributed by atoms with Crippen LogP contribution in [0.5, 0.6) is 0 Å². The second-order valence-electron chi connectivity index (χ2n) is 3.24. The summed E-state index contributed by atoms with van der Waals surface area (Å²) in [6.07, 6.45) is -0.867. The summed E-state index contributed by atoms with van der Waals surface area (Å²) < 4.78 is 4.97. The zero-order chi connectivity index (χ0) is 12.0. The molecular formula is C8H12N4O4. The van der Waals surface area contributed by atoms with Gasteiger partial charge in [-0.05, 0) is 5.53 Å². The number of morpholine rings is 1. The molecule has 0 aromatic carbocycles. The normalized spacial score (nSPS) is 20.0. The fourth-order valence-electron chi connectivity index (χ4n) is 1.37. The zero-order valence-electron chi connectivity index (χ0n) is 8.57. The molecule has 0 aromatic rings. The van der Waals surface area contributed by atoms with Crippen LogP contribution in [0.25, 0.3) is 10.4 Å². The quantitative estimate of drug-likeness (QED) is 0.414. The van der Waals surface area contributed by atoms with Crippen molar-refractivity contribution in [3.05, 3.63) is 10.4 Å². The van der Waals surface area contributed by atoms with Crippen LogP contribution >= 0.6 is 0 Å². The number of hydrogen-bond acceptors (Lipinski definition) is 4. The Labute approximate surface area is 91.4 Å². The Balaban J connectivity index is 2.43. The van der Waals surface area contributed by atoms with Crippen molar-refractivity contribution in [3.63, 3.8) is 0 Å². The topological polar surface area (TPSA) is 116 Å². The van der Waals surface area contributed by atoms with Crippen LogP contribution in [0.2, 0.25) is 0 Å². The Bertz CT molecular complexity index is 326. The molecule has 88 valence electrons. The van der Waals surface area contributed by atoms with E-state index >= 15 is 0 Å². The highest BCUT2D eigenvalue weighted by atomic mass is 16.5. The molecule has 8 nitrogen and oxygen atoms in total. The number of ether oxygens (including phenoxy) is 1. The van der Waals surface area contributed by atoms with Crippen molar-refractivity contribution in [2.24, 2.45) is 5.11 Å². The molecule has 1 rings (SSSR count). The number of amides is 1. The fourth-order valence-corrected chi connectivity index (χ4v) is 1.37. The van der Waals surface area contributed by atoms with Crippen LogP contribution in [0, 0.1) is 0 Å². The number of carboxylic acids is 1. The lowest BCUT2D eigenvalue weighted by atomic mass is 10.2. The number of azide groups is 1. The van der Waals surface area contributed by atoms with Gasteiger partial charge >= 0.3 is 5.97 Å². The highest BCUT2D eigenvalue weighted by Crippen LogP contribution is 2.07. The average Bonchev–Trinajstić information content (AvgIpc) is 2.29. The standard InChI is InChI=1S/C8H12N4O4/c9-11-10-2-1-7(13)12-3-4-16-6(5-12)8(14)15/h6H,1-5H2,(H,14,15). The number of hydrogen-bond donors (Lipinski definition) is 1. The van der Waals surface area contributed by atoms with Gasteiger partial charge < -0.3 is 14.7 Å². The molecule has 8 heteroatoms. The van der Waals surface area contributed by atoms with E-state index in [1.807, 2.05) is 0 Å². The maximum atomic E-state index is 11.5. The molecule has 0 aromatic heterocycles. The van der Waals surface area contributed by atoms with Crippen LogP contribution in [0.3, 0.4) is 0 Å². The number of aliphatic carboxylic acids is 1. The van der Waals surface area contributed by atoms with Gasteiger partial charge in [0, 0.05) is 24.4 Å². The van der Waals surface area contributed by atoms with E-state index in [2.05, 4.69) is 10.0 Å². The Morgan fingerprint density at radius 2 is 2.38 bits per heavy atom. The van der Waals surface area contributed by atoms with Gasteiger partial charge in [0.1, 0.15) is 0 Å². The Morgan fingerprint density at radius 1 is 1.62 bits per heavy atom. The minimum Gasteiger partial charge on any atom is -0.479 e. The van der Waals surface area contributed by atoms with Crippen molar-refractivity contribution >= 4 is 11.9 Å². The zero-order valence-corrected chi connectivity index (χ0v) is 8.57. The maximum Gasteiger partial charge on any atom is 0.334 e. The van der Waals surface area contributed by atoms with Crippen LogP contribution in [0.15, 0.2) is 5.11 Å². The summed E-state index contributed by atoms with van der Waals surface area (Å²) in [5.74, 6) is -1.30. The molecule has 1 N–H and O–H groups in total. The third-order valence-electron chi connectivity index (χ3n) is 2.18. The van der Waals surface area contributed by atoms with Crippen LogP contribution in [-0.4, -0.2) is 54.2 Å². The Morgan fingerprint density at radius 3 is 3.00 bits per heavy atom. The van der Waals surface area contributed by atoms with Gasteiger partial charge in [0.05, 0.1) is 13.2 Å². The molecule has 0 radical (unpaired) electrons. The molecule has 1 aliphatic rings. The third-order valence-corrected chi connectivity index (χ3v) is 2.18. The summed E-state index contributed by atoms with van der Waals surface area (Å²) >= 11 is 0. The van der Waals surface area contributed by atoms with E-state index in [1.165, 1.54) is 4.90 Å². The fraction of sp³-hybridized carbons (Fsp3) is 0.750. The molecule has 16 heavy (non-hydrogen) atoms. The van der Waals surface area contributed by atoms with E-state index in [0.717, 1.165) is 0 Å². The summed E-state index contributed by atoms with van der Waals surface area (Å²) in [5.41, 5.74) is 8.04. The molecule has 1 saturated heterocycles. The van der Waals surface area contributed by atoms with Crippen molar-refractivity contribution in [1.29, 1.82) is 0 Å². The van der Waals surface area contributed by atoms with Crippen molar-refractivity contribution in [2.75, 3.05) is 26.2 Å². The number of rotatable bonds is 4. The monoisotopic (exact) mass is 228 g/mol. The molecule has 1 heterocycles. The molecular weight excluding hydrogens is 216 g/mol. The van der Waals surface area contributed by atoms with Crippen LogP contribution in [0.4, 0.5) is 0 Å². The first kappa shape index (κ1) is 12.3. The van der Waals surface area contributed by atoms with Gasteiger partial charge in [-0.2, -0.15) is 0 Å². The molecule has 1 fully saturated rings. The molecule has 0 saturated carbocycles. The Hall–Kier alpha value is -1.79. The van der Waals surface area contributed by atoms with Crippen molar-refractivity contribution in [3.8, 4) is 0 Å². The summed E-state index contributed by atoms with van der Waals surface area (Å²) in [5, 5.41) is 12.0.